The molecule has 6 rings (SSSR count). The molecule has 1 aromatic carbocycles. The second kappa shape index (κ2) is 13.4. The number of benzene rings is 1. The van der Waals surface area contributed by atoms with Crippen LogP contribution in [0.1, 0.15) is 42.8 Å². The number of hydrogen-bond acceptors (Lipinski definition) is 9. The smallest absolute Gasteiger partial charge is 0.227 e. The van der Waals surface area contributed by atoms with E-state index in [0.717, 1.165) is 48.6 Å². The first-order valence-electron chi connectivity index (χ1n) is 15.2. The number of likely N-dealkylation sites (tertiary alicyclic amines) is 2. The lowest BCUT2D eigenvalue weighted by atomic mass is 9.92. The Morgan fingerprint density at radius 2 is 1.60 bits per heavy atom. The first kappa shape index (κ1) is 28.8. The molecule has 0 aliphatic carbocycles. The maximum absolute atomic E-state index is 13.1. The molecular formula is C33H39N9O. The molecule has 2 fully saturated rings. The van der Waals surface area contributed by atoms with Gasteiger partial charge in [-0.15, -0.1) is 0 Å². The van der Waals surface area contributed by atoms with E-state index in [-0.39, 0.29) is 11.8 Å². The zero-order valence-corrected chi connectivity index (χ0v) is 24.9. The number of hydrogen-bond donors (Lipinski definition) is 2. The van der Waals surface area contributed by atoms with E-state index < -0.39 is 0 Å². The number of aryl methyl sites for hydroxylation is 1. The van der Waals surface area contributed by atoms with Crippen molar-refractivity contribution in [3.05, 3.63) is 84.1 Å². The molecular weight excluding hydrogens is 538 g/mol. The Labute approximate surface area is 253 Å². The molecule has 0 saturated carbocycles. The van der Waals surface area contributed by atoms with Crippen molar-refractivity contribution in [1.29, 1.82) is 0 Å². The number of rotatable bonds is 8. The lowest BCUT2D eigenvalue weighted by molar-refractivity contribution is -0.121. The Hall–Kier alpha value is -4.28. The molecule has 1 amide bonds. The van der Waals surface area contributed by atoms with E-state index in [2.05, 4.69) is 47.4 Å². The van der Waals surface area contributed by atoms with Gasteiger partial charge in [-0.05, 0) is 108 Å². The summed E-state index contributed by atoms with van der Waals surface area (Å²) in [7, 11) is 2.20. The van der Waals surface area contributed by atoms with E-state index in [4.69, 9.17) is 4.98 Å². The number of carbonyl (C=O) groups excluding carboxylic acids is 1. The minimum Gasteiger partial charge on any atom is -0.326 e. The maximum Gasteiger partial charge on any atom is 0.227 e. The van der Waals surface area contributed by atoms with Crippen LogP contribution in [0, 0.1) is 12.8 Å². The number of pyridine rings is 1. The van der Waals surface area contributed by atoms with Crippen molar-refractivity contribution in [2.75, 3.05) is 43.9 Å². The molecule has 0 bridgehead atoms. The molecule has 10 nitrogen and oxygen atoms in total. The third-order valence-electron chi connectivity index (χ3n) is 8.40. The van der Waals surface area contributed by atoms with E-state index in [9.17, 15) is 4.79 Å². The van der Waals surface area contributed by atoms with Gasteiger partial charge in [0.05, 0.1) is 0 Å². The Morgan fingerprint density at radius 3 is 2.40 bits per heavy atom. The Balaban J connectivity index is 1.04. The van der Waals surface area contributed by atoms with Crippen LogP contribution in [-0.4, -0.2) is 79.9 Å². The summed E-state index contributed by atoms with van der Waals surface area (Å²) in [6.45, 7) is 6.30. The first-order chi connectivity index (χ1) is 21.0. The van der Waals surface area contributed by atoms with Crippen LogP contribution in [0.4, 0.5) is 17.3 Å². The molecule has 2 saturated heterocycles. The van der Waals surface area contributed by atoms with Gasteiger partial charge in [-0.25, -0.2) is 24.9 Å². The number of nitrogens with one attached hydrogen (secondary N) is 2. The fraction of sp³-hybridized carbons (Fsp3) is 0.394. The standard InChI is InChI=1S/C33H39N9O/c1-23-5-3-8-28(36-23)32-35-16-10-30(40-32)38-29-9-15-34-31(39-29)22-24-6-4-7-26(21-24)37-33(43)25-11-19-42(20-12-25)27-13-17-41(2)18-14-27/h3-10,15-16,21,25,27H,11-14,17-20,22H2,1-2H3,(H,37,43)(H,34,35,38,39,40). The van der Waals surface area contributed by atoms with Crippen LogP contribution in [0.25, 0.3) is 11.5 Å². The molecule has 43 heavy (non-hydrogen) atoms. The Morgan fingerprint density at radius 1 is 0.860 bits per heavy atom. The summed E-state index contributed by atoms with van der Waals surface area (Å²) in [6.07, 6.45) is 8.28. The number of carbonyl (C=O) groups is 1. The van der Waals surface area contributed by atoms with Gasteiger partial charge in [-0.1, -0.05) is 18.2 Å². The van der Waals surface area contributed by atoms with Crippen LogP contribution in [0.15, 0.2) is 67.0 Å². The topological polar surface area (TPSA) is 112 Å². The van der Waals surface area contributed by atoms with E-state index in [1.54, 1.807) is 18.5 Å². The summed E-state index contributed by atoms with van der Waals surface area (Å²) in [5.74, 6) is 2.66. The van der Waals surface area contributed by atoms with E-state index >= 15 is 0 Å². The molecule has 0 radical (unpaired) electrons. The molecule has 4 aromatic rings. The van der Waals surface area contributed by atoms with Crippen molar-refractivity contribution < 1.29 is 4.79 Å². The summed E-state index contributed by atoms with van der Waals surface area (Å²) >= 11 is 0. The van der Waals surface area contributed by atoms with Gasteiger partial charge in [-0.2, -0.15) is 0 Å². The van der Waals surface area contributed by atoms with E-state index in [0.29, 0.717) is 35.7 Å². The molecule has 5 heterocycles. The van der Waals surface area contributed by atoms with Gasteiger partial charge < -0.3 is 20.4 Å². The van der Waals surface area contributed by atoms with Gasteiger partial charge in [0.1, 0.15) is 23.2 Å². The second-order valence-electron chi connectivity index (χ2n) is 11.6. The van der Waals surface area contributed by atoms with Crippen LogP contribution >= 0.6 is 0 Å². The van der Waals surface area contributed by atoms with Crippen LogP contribution in [0.5, 0.6) is 0 Å². The Kier molecular flexibility index (Phi) is 8.95. The lowest BCUT2D eigenvalue weighted by Crippen LogP contribution is -2.48. The monoisotopic (exact) mass is 577 g/mol. The predicted octanol–water partition coefficient (Wildman–Crippen LogP) is 4.72. The SMILES string of the molecule is Cc1cccc(-c2nccc(Nc3ccnc(Cc4cccc(NC(=O)C5CCN(C6CCN(C)CC6)CC5)c4)n3)n2)n1. The van der Waals surface area contributed by atoms with Crippen molar-refractivity contribution >= 4 is 23.2 Å². The number of nitrogens with zero attached hydrogens (tertiary/aromatic N) is 7. The Bertz CT molecular complexity index is 1540. The highest BCUT2D eigenvalue weighted by Gasteiger charge is 2.30. The number of piperidine rings is 2. The molecule has 222 valence electrons. The van der Waals surface area contributed by atoms with Gasteiger partial charge in [0.2, 0.25) is 5.91 Å². The fourth-order valence-corrected chi connectivity index (χ4v) is 5.98. The zero-order chi connectivity index (χ0) is 29.6. The summed E-state index contributed by atoms with van der Waals surface area (Å²) in [5, 5.41) is 6.43. The maximum atomic E-state index is 13.1. The molecule has 0 unspecified atom stereocenters. The molecule has 3 aromatic heterocycles. The minimum absolute atomic E-state index is 0.0567. The van der Waals surface area contributed by atoms with Gasteiger partial charge in [0, 0.05) is 42.2 Å². The lowest BCUT2D eigenvalue weighted by Gasteiger charge is -2.40. The average molecular weight is 578 g/mol. The molecule has 2 aliphatic heterocycles. The normalized spacial score (nSPS) is 17.1. The van der Waals surface area contributed by atoms with Crippen LogP contribution in [0.3, 0.4) is 0 Å². The van der Waals surface area contributed by atoms with Gasteiger partial charge in [0.15, 0.2) is 5.82 Å². The number of anilines is 3. The van der Waals surface area contributed by atoms with Crippen molar-refractivity contribution in [2.45, 2.75) is 45.1 Å². The van der Waals surface area contributed by atoms with Crippen molar-refractivity contribution in [3.63, 3.8) is 0 Å². The average Bonchev–Trinajstić information content (AvgIpc) is 3.02. The third-order valence-corrected chi connectivity index (χ3v) is 8.40. The highest BCUT2D eigenvalue weighted by molar-refractivity contribution is 5.92. The molecule has 10 heteroatoms. The number of aromatic nitrogens is 5. The van der Waals surface area contributed by atoms with Crippen LogP contribution < -0.4 is 10.6 Å². The third kappa shape index (κ3) is 7.57. The first-order valence-corrected chi connectivity index (χ1v) is 15.2. The van der Waals surface area contributed by atoms with E-state index in [1.165, 1.54) is 25.9 Å². The quantitative estimate of drug-likeness (QED) is 0.307. The highest BCUT2D eigenvalue weighted by Crippen LogP contribution is 2.25. The summed E-state index contributed by atoms with van der Waals surface area (Å²) < 4.78 is 0. The van der Waals surface area contributed by atoms with Crippen molar-refractivity contribution in [1.82, 2.24) is 34.7 Å². The van der Waals surface area contributed by atoms with Gasteiger partial charge in [-0.3, -0.25) is 4.79 Å². The zero-order valence-electron chi connectivity index (χ0n) is 24.9. The summed E-state index contributed by atoms with van der Waals surface area (Å²) in [5.41, 5.74) is 3.47. The largest absolute Gasteiger partial charge is 0.326 e. The fourth-order valence-electron chi connectivity index (χ4n) is 5.98. The molecule has 0 spiro atoms. The summed E-state index contributed by atoms with van der Waals surface area (Å²) in [4.78, 5) is 40.8. The minimum atomic E-state index is 0.0567. The predicted molar refractivity (Wildman–Crippen MR) is 168 cm³/mol. The van der Waals surface area contributed by atoms with E-state index in [1.807, 2.05) is 55.5 Å². The van der Waals surface area contributed by atoms with Crippen molar-refractivity contribution in [3.8, 4) is 11.5 Å². The summed E-state index contributed by atoms with van der Waals surface area (Å²) in [6, 6.07) is 18.0. The highest BCUT2D eigenvalue weighted by atomic mass is 16.1. The molecule has 0 atom stereocenters. The van der Waals surface area contributed by atoms with Gasteiger partial charge >= 0.3 is 0 Å². The van der Waals surface area contributed by atoms with Gasteiger partial charge in [0.25, 0.3) is 0 Å². The number of amides is 1. The van der Waals surface area contributed by atoms with Crippen LogP contribution in [0.2, 0.25) is 0 Å². The molecule has 2 aliphatic rings. The molecule has 2 N–H and O–H groups in total. The second-order valence-corrected chi connectivity index (χ2v) is 11.6. The van der Waals surface area contributed by atoms with Crippen molar-refractivity contribution in [2.24, 2.45) is 5.92 Å². The van der Waals surface area contributed by atoms with Crippen LogP contribution in [-0.2, 0) is 11.2 Å².